The molecule has 0 aliphatic carbocycles. The number of carbonyl (C=O) groups is 4. The molecule has 0 aliphatic heterocycles. The molecule has 0 aromatic heterocycles. The Kier molecular flexibility index (Phi) is 72.4. The lowest BCUT2D eigenvalue weighted by Gasteiger charge is -2.21. The first-order valence-corrected chi connectivity index (χ1v) is 43.1. The summed E-state index contributed by atoms with van der Waals surface area (Å²) < 4.78 is 68.6. The minimum atomic E-state index is -4.99. The van der Waals surface area contributed by atoms with Crippen LogP contribution in [0, 0.1) is 0 Å². The van der Waals surface area contributed by atoms with E-state index in [4.69, 9.17) is 37.0 Å². The maximum Gasteiger partial charge on any atom is 0.472 e. The Hall–Kier alpha value is -5.06. The molecule has 594 valence electrons. The number of allylic oxidation sites excluding steroid dienone is 24. The topological polar surface area (TPSA) is 237 Å². The van der Waals surface area contributed by atoms with Crippen molar-refractivity contribution in [2.24, 2.45) is 0 Å². The molecule has 5 unspecified atom stereocenters. The summed E-state index contributed by atoms with van der Waals surface area (Å²) in [6, 6.07) is 0. The van der Waals surface area contributed by atoms with E-state index in [0.29, 0.717) is 25.7 Å². The lowest BCUT2D eigenvalue weighted by atomic mass is 10.1. The van der Waals surface area contributed by atoms with Gasteiger partial charge in [0.25, 0.3) is 0 Å². The summed E-state index contributed by atoms with van der Waals surface area (Å²) in [5, 5.41) is 10.6. The number of carbonyl (C=O) groups excluding carboxylic acids is 4. The van der Waals surface area contributed by atoms with Crippen molar-refractivity contribution in [1.82, 2.24) is 0 Å². The van der Waals surface area contributed by atoms with Crippen molar-refractivity contribution >= 4 is 39.5 Å². The van der Waals surface area contributed by atoms with Crippen LogP contribution in [0.15, 0.2) is 146 Å². The molecule has 3 N–H and O–H groups in total. The molecule has 17 nitrogen and oxygen atoms in total. The highest BCUT2D eigenvalue weighted by Gasteiger charge is 2.30. The lowest BCUT2D eigenvalue weighted by molar-refractivity contribution is -0.161. The van der Waals surface area contributed by atoms with Gasteiger partial charge in [0.15, 0.2) is 12.2 Å². The van der Waals surface area contributed by atoms with Crippen LogP contribution in [0.3, 0.4) is 0 Å². The number of phosphoric acid groups is 2. The molecule has 0 aromatic rings. The SMILES string of the molecule is CC/C=C\C/C=C\C/C=C\C/C=C\CCCCCCCCC(=O)OCC(COP(=O)(O)OCC(O)COP(=O)(O)OCC(COC(=O)CCCCCCC/C=C\C/C=C\C/C=C\CC)OC(=O)CCCCCCC/C=C\C/C=C\CCCCC)OC(=O)CCCCCCC/C=C\C/C=C\C/C=C\CC. The molecule has 104 heavy (non-hydrogen) atoms. The van der Waals surface area contributed by atoms with Crippen LogP contribution >= 0.6 is 15.6 Å². The second-order valence-electron chi connectivity index (χ2n) is 26.2. The fourth-order valence-corrected chi connectivity index (χ4v) is 11.8. The van der Waals surface area contributed by atoms with E-state index in [1.54, 1.807) is 0 Å². The van der Waals surface area contributed by atoms with Crippen molar-refractivity contribution in [3.63, 3.8) is 0 Å². The fraction of sp³-hybridized carbons (Fsp3) is 0.671. The number of unbranched alkanes of at least 4 members (excludes halogenated alkanes) is 24. The van der Waals surface area contributed by atoms with Gasteiger partial charge in [0, 0.05) is 25.7 Å². The van der Waals surface area contributed by atoms with Gasteiger partial charge in [-0.15, -0.1) is 0 Å². The summed E-state index contributed by atoms with van der Waals surface area (Å²) >= 11 is 0. The van der Waals surface area contributed by atoms with Gasteiger partial charge in [-0.2, -0.15) is 0 Å². The van der Waals surface area contributed by atoms with Crippen LogP contribution in [0.25, 0.3) is 0 Å². The number of aliphatic hydroxyl groups is 1. The zero-order chi connectivity index (χ0) is 76.0. The van der Waals surface area contributed by atoms with Gasteiger partial charge >= 0.3 is 39.5 Å². The molecule has 0 aliphatic rings. The van der Waals surface area contributed by atoms with Gasteiger partial charge in [-0.1, -0.05) is 270 Å². The minimum absolute atomic E-state index is 0.0675. The van der Waals surface area contributed by atoms with Gasteiger partial charge < -0.3 is 33.8 Å². The third kappa shape index (κ3) is 75.2. The predicted molar refractivity (Wildman–Crippen MR) is 427 cm³/mol. The average molecular weight is 1500 g/mol. The summed E-state index contributed by atoms with van der Waals surface area (Å²) in [5.41, 5.74) is 0. The van der Waals surface area contributed by atoms with Crippen molar-refractivity contribution in [2.45, 2.75) is 329 Å². The summed E-state index contributed by atoms with van der Waals surface area (Å²) in [4.78, 5) is 73.1. The van der Waals surface area contributed by atoms with Crippen LogP contribution in [0.4, 0.5) is 0 Å². The normalized spacial score (nSPS) is 14.6. The lowest BCUT2D eigenvalue weighted by Crippen LogP contribution is -2.30. The molecule has 19 heteroatoms. The van der Waals surface area contributed by atoms with E-state index in [9.17, 15) is 43.2 Å². The van der Waals surface area contributed by atoms with Crippen LogP contribution in [-0.4, -0.2) is 96.7 Å². The highest BCUT2D eigenvalue weighted by Crippen LogP contribution is 2.45. The van der Waals surface area contributed by atoms with E-state index < -0.39 is 97.5 Å². The highest BCUT2D eigenvalue weighted by molar-refractivity contribution is 7.47. The third-order valence-corrected chi connectivity index (χ3v) is 18.2. The fourth-order valence-electron chi connectivity index (χ4n) is 10.3. The number of phosphoric ester groups is 2. The van der Waals surface area contributed by atoms with Crippen molar-refractivity contribution in [2.75, 3.05) is 39.6 Å². The van der Waals surface area contributed by atoms with E-state index in [-0.39, 0.29) is 25.7 Å². The van der Waals surface area contributed by atoms with Gasteiger partial charge in [0.05, 0.1) is 26.4 Å². The molecule has 0 amide bonds. The van der Waals surface area contributed by atoms with Crippen molar-refractivity contribution < 1.29 is 80.2 Å². The second-order valence-corrected chi connectivity index (χ2v) is 29.1. The van der Waals surface area contributed by atoms with E-state index in [0.717, 1.165) is 212 Å². The first-order chi connectivity index (χ1) is 50.7. The summed E-state index contributed by atoms with van der Waals surface area (Å²) in [5.74, 6) is -2.24. The molecule has 0 aromatic carbocycles. The number of hydrogen-bond donors (Lipinski definition) is 3. The number of esters is 4. The van der Waals surface area contributed by atoms with Gasteiger partial charge in [0.1, 0.15) is 19.3 Å². The molecular weight excluding hydrogens is 1350 g/mol. The van der Waals surface area contributed by atoms with Crippen molar-refractivity contribution in [3.8, 4) is 0 Å². The molecule has 0 rings (SSSR count). The van der Waals surface area contributed by atoms with Crippen LogP contribution in [-0.2, 0) is 65.4 Å². The highest BCUT2D eigenvalue weighted by atomic mass is 31.2. The first kappa shape index (κ1) is 98.9. The van der Waals surface area contributed by atoms with E-state index in [2.05, 4.69) is 174 Å². The largest absolute Gasteiger partial charge is 0.472 e. The maximum absolute atomic E-state index is 13.1. The summed E-state index contributed by atoms with van der Waals surface area (Å²) in [6.07, 6.45) is 86.7. The van der Waals surface area contributed by atoms with Crippen LogP contribution in [0.5, 0.6) is 0 Å². The first-order valence-electron chi connectivity index (χ1n) is 40.1. The van der Waals surface area contributed by atoms with Gasteiger partial charge in [-0.25, -0.2) is 9.13 Å². The Morgan fingerprint density at radius 1 is 0.279 bits per heavy atom. The standard InChI is InChI=1S/C85H142O17P2/c1-5-9-13-17-21-25-29-33-37-38-39-40-44-46-50-54-58-62-66-70-83(88)96-76-81(102-85(90)72-68-64-60-56-52-48-43-36-32-28-24-20-16-12-8-4)78-100-104(93,94)98-74-79(86)73-97-103(91,92)99-77-80(101-84(89)71-67-63-59-55-51-47-42-35-31-27-23-19-15-11-7-3)75-95-82(87)69-65-61-57-53-49-45-41-34-30-26-22-18-14-10-6-2/h9-10,12-14,16,21-28,33-37,39-43,79-81,86H,5-8,11,15,17-20,29-32,38,44-78H2,1-4H3,(H,91,92)(H,93,94)/b13-9-,14-10-,16-12-,25-21-,26-22-,27-23-,28-24-,37-33-,40-39-,41-34-,42-35-,43-36-. The van der Waals surface area contributed by atoms with Crippen molar-refractivity contribution in [1.29, 1.82) is 0 Å². The molecule has 0 radical (unpaired) electrons. The van der Waals surface area contributed by atoms with Crippen LogP contribution in [0.1, 0.15) is 310 Å². The Bertz CT molecular complexity index is 2540. The third-order valence-electron chi connectivity index (χ3n) is 16.3. The molecule has 0 bridgehead atoms. The van der Waals surface area contributed by atoms with Gasteiger partial charge in [-0.05, 0) is 161 Å². The van der Waals surface area contributed by atoms with Crippen LogP contribution in [0.2, 0.25) is 0 Å². The number of aliphatic hydroxyl groups excluding tert-OH is 1. The van der Waals surface area contributed by atoms with E-state index in [1.807, 2.05) is 0 Å². The smallest absolute Gasteiger partial charge is 0.462 e. The number of rotatable bonds is 74. The van der Waals surface area contributed by atoms with Crippen molar-refractivity contribution in [3.05, 3.63) is 146 Å². The van der Waals surface area contributed by atoms with E-state index in [1.165, 1.54) is 19.3 Å². The zero-order valence-electron chi connectivity index (χ0n) is 64.9. The molecule has 0 heterocycles. The average Bonchev–Trinajstić information content (AvgIpc) is 0.918. The zero-order valence-corrected chi connectivity index (χ0v) is 66.7. The Balaban J connectivity index is 5.41. The number of ether oxygens (including phenoxy) is 4. The minimum Gasteiger partial charge on any atom is -0.462 e. The summed E-state index contributed by atoms with van der Waals surface area (Å²) in [7, 11) is -9.98. The quantitative estimate of drug-likeness (QED) is 0.0169. The number of hydrogen-bond acceptors (Lipinski definition) is 15. The Morgan fingerprint density at radius 2 is 0.500 bits per heavy atom. The molecular formula is C85H142O17P2. The molecule has 0 fully saturated rings. The molecule has 5 atom stereocenters. The molecule has 0 saturated carbocycles. The molecule has 0 spiro atoms. The maximum atomic E-state index is 13.1. The predicted octanol–water partition coefficient (Wildman–Crippen LogP) is 23.4. The Labute approximate surface area is 630 Å². The summed E-state index contributed by atoms with van der Waals surface area (Å²) in [6.45, 7) is 4.45. The molecule has 0 saturated heterocycles. The van der Waals surface area contributed by atoms with Crippen LogP contribution < -0.4 is 0 Å². The van der Waals surface area contributed by atoms with Gasteiger partial charge in [-0.3, -0.25) is 37.3 Å². The van der Waals surface area contributed by atoms with E-state index >= 15 is 0 Å². The van der Waals surface area contributed by atoms with Gasteiger partial charge in [0.2, 0.25) is 0 Å². The second kappa shape index (κ2) is 76.1. The monoisotopic (exact) mass is 1500 g/mol. The Morgan fingerprint density at radius 3 is 0.769 bits per heavy atom.